The van der Waals surface area contributed by atoms with Crippen LogP contribution in [0.15, 0.2) is 54.6 Å². The van der Waals surface area contributed by atoms with E-state index in [1.54, 1.807) is 6.07 Å². The van der Waals surface area contributed by atoms with E-state index in [4.69, 9.17) is 0 Å². The first-order valence-electron chi connectivity index (χ1n) is 5.82. The van der Waals surface area contributed by atoms with Crippen LogP contribution < -0.4 is 0 Å². The van der Waals surface area contributed by atoms with Gasteiger partial charge in [-0.1, -0.05) is 64.5 Å². The highest BCUT2D eigenvalue weighted by Gasteiger charge is 2.34. The third-order valence-electron chi connectivity index (χ3n) is 2.86. The van der Waals surface area contributed by atoms with Crippen LogP contribution in [0.1, 0.15) is 21.5 Å². The van der Waals surface area contributed by atoms with Gasteiger partial charge < -0.3 is 0 Å². The molecule has 0 saturated carbocycles. The van der Waals surface area contributed by atoms with Crippen molar-refractivity contribution < 1.29 is 13.2 Å². The Balaban J connectivity index is 2.27. The molecule has 0 heterocycles. The van der Waals surface area contributed by atoms with Gasteiger partial charge in [0.25, 0.3) is 0 Å². The summed E-state index contributed by atoms with van der Waals surface area (Å²) in [6.45, 7) is 0. The number of hydrogen-bond acceptors (Lipinski definition) is 0. The molecule has 0 aliphatic carbocycles. The van der Waals surface area contributed by atoms with E-state index in [0.717, 1.165) is 11.6 Å². The molecule has 0 fully saturated rings. The Morgan fingerprint density at radius 1 is 0.895 bits per heavy atom. The average molecular weight is 329 g/mol. The molecule has 0 amide bonds. The van der Waals surface area contributed by atoms with Crippen molar-refractivity contribution in [1.82, 2.24) is 0 Å². The van der Waals surface area contributed by atoms with E-state index in [2.05, 4.69) is 15.9 Å². The Hall–Kier alpha value is -1.29. The number of hydrogen-bond donors (Lipinski definition) is 0. The Kier molecular flexibility index (Phi) is 4.30. The molecular formula is C15H12BrF3. The number of rotatable bonds is 3. The molecule has 1 atom stereocenters. The fourth-order valence-electron chi connectivity index (χ4n) is 1.96. The summed E-state index contributed by atoms with van der Waals surface area (Å²) in [4.78, 5) is -0.354. The van der Waals surface area contributed by atoms with Gasteiger partial charge in [-0.25, -0.2) is 0 Å². The molecule has 0 aliphatic rings. The monoisotopic (exact) mass is 328 g/mol. The second-order valence-electron chi connectivity index (χ2n) is 4.24. The maximum absolute atomic E-state index is 12.9. The minimum atomic E-state index is -4.32. The van der Waals surface area contributed by atoms with E-state index in [9.17, 15) is 13.2 Å². The van der Waals surface area contributed by atoms with Crippen LogP contribution >= 0.6 is 15.9 Å². The van der Waals surface area contributed by atoms with E-state index in [1.807, 2.05) is 30.3 Å². The SMILES string of the molecule is FC(F)(F)c1ccccc1C(Br)Cc1ccccc1. The van der Waals surface area contributed by atoms with Crippen molar-refractivity contribution in [3.63, 3.8) is 0 Å². The zero-order chi connectivity index (χ0) is 13.9. The third-order valence-corrected chi connectivity index (χ3v) is 3.68. The van der Waals surface area contributed by atoms with Crippen LogP contribution in [0.5, 0.6) is 0 Å². The summed E-state index contributed by atoms with van der Waals surface area (Å²) in [6.07, 6.45) is -3.80. The van der Waals surface area contributed by atoms with Crippen LogP contribution in [0.2, 0.25) is 0 Å². The molecule has 0 aromatic heterocycles. The van der Waals surface area contributed by atoms with Gasteiger partial charge in [-0.2, -0.15) is 13.2 Å². The average Bonchev–Trinajstić information content (AvgIpc) is 2.39. The summed E-state index contributed by atoms with van der Waals surface area (Å²) in [7, 11) is 0. The molecule has 0 radical (unpaired) electrons. The molecule has 19 heavy (non-hydrogen) atoms. The smallest absolute Gasteiger partial charge is 0.166 e. The first kappa shape index (κ1) is 14.1. The van der Waals surface area contributed by atoms with E-state index in [0.29, 0.717) is 6.42 Å². The lowest BCUT2D eigenvalue weighted by Gasteiger charge is -2.17. The van der Waals surface area contributed by atoms with Crippen LogP contribution in [0.25, 0.3) is 0 Å². The zero-order valence-electron chi connectivity index (χ0n) is 9.99. The van der Waals surface area contributed by atoms with Crippen molar-refractivity contribution in [2.24, 2.45) is 0 Å². The number of benzene rings is 2. The second-order valence-corrected chi connectivity index (χ2v) is 5.35. The van der Waals surface area contributed by atoms with Crippen LogP contribution in [-0.4, -0.2) is 0 Å². The normalized spacial score (nSPS) is 13.3. The standard InChI is InChI=1S/C15H12BrF3/c16-14(10-11-6-2-1-3-7-11)12-8-4-5-9-13(12)15(17,18)19/h1-9,14H,10H2. The predicted molar refractivity (Wildman–Crippen MR) is 73.3 cm³/mol. The van der Waals surface area contributed by atoms with Gasteiger partial charge in [-0.15, -0.1) is 0 Å². The Bertz CT molecular complexity index is 535. The Morgan fingerprint density at radius 2 is 1.47 bits per heavy atom. The van der Waals surface area contributed by atoms with Crippen molar-refractivity contribution in [1.29, 1.82) is 0 Å². The Labute approximate surface area is 118 Å². The molecule has 0 nitrogen and oxygen atoms in total. The van der Waals surface area contributed by atoms with Gasteiger partial charge in [0.05, 0.1) is 5.56 Å². The summed E-state index contributed by atoms with van der Waals surface area (Å²) in [6, 6.07) is 15.1. The number of halogens is 4. The van der Waals surface area contributed by atoms with Gasteiger partial charge in [-0.05, 0) is 23.6 Å². The van der Waals surface area contributed by atoms with Crippen LogP contribution in [-0.2, 0) is 12.6 Å². The first-order chi connectivity index (χ1) is 8.98. The van der Waals surface area contributed by atoms with Crippen molar-refractivity contribution >= 4 is 15.9 Å². The van der Waals surface area contributed by atoms with Crippen molar-refractivity contribution in [3.05, 3.63) is 71.3 Å². The molecule has 0 bridgehead atoms. The zero-order valence-corrected chi connectivity index (χ0v) is 11.6. The second kappa shape index (κ2) is 5.78. The minimum absolute atomic E-state index is 0.277. The molecule has 2 aromatic carbocycles. The molecule has 0 aliphatic heterocycles. The van der Waals surface area contributed by atoms with Crippen LogP contribution in [0, 0.1) is 0 Å². The predicted octanol–water partition coefficient (Wildman–Crippen LogP) is 5.38. The molecule has 1 unspecified atom stereocenters. The van der Waals surface area contributed by atoms with E-state index < -0.39 is 11.7 Å². The maximum atomic E-state index is 12.9. The summed E-state index contributed by atoms with van der Waals surface area (Å²) < 4.78 is 38.8. The first-order valence-corrected chi connectivity index (χ1v) is 6.74. The quantitative estimate of drug-likeness (QED) is 0.663. The lowest BCUT2D eigenvalue weighted by molar-refractivity contribution is -0.138. The van der Waals surface area contributed by atoms with Gasteiger partial charge in [0.1, 0.15) is 0 Å². The van der Waals surface area contributed by atoms with Crippen molar-refractivity contribution in [3.8, 4) is 0 Å². The van der Waals surface area contributed by atoms with Gasteiger partial charge in [-0.3, -0.25) is 0 Å². The van der Waals surface area contributed by atoms with Crippen molar-refractivity contribution in [2.75, 3.05) is 0 Å². The van der Waals surface area contributed by atoms with E-state index in [-0.39, 0.29) is 10.4 Å². The highest BCUT2D eigenvalue weighted by Crippen LogP contribution is 2.38. The molecule has 2 aromatic rings. The fourth-order valence-corrected chi connectivity index (χ4v) is 2.73. The van der Waals surface area contributed by atoms with Crippen LogP contribution in [0.3, 0.4) is 0 Å². The van der Waals surface area contributed by atoms with Crippen LogP contribution in [0.4, 0.5) is 13.2 Å². The summed E-state index contributed by atoms with van der Waals surface area (Å²) in [5.41, 5.74) is 0.702. The molecular weight excluding hydrogens is 317 g/mol. The summed E-state index contributed by atoms with van der Waals surface area (Å²) in [5, 5.41) is 0. The molecule has 100 valence electrons. The van der Waals surface area contributed by atoms with Gasteiger partial charge >= 0.3 is 6.18 Å². The summed E-state index contributed by atoms with van der Waals surface area (Å²) >= 11 is 3.37. The number of alkyl halides is 4. The Morgan fingerprint density at radius 3 is 2.11 bits per heavy atom. The maximum Gasteiger partial charge on any atom is 0.416 e. The fraction of sp³-hybridized carbons (Fsp3) is 0.200. The molecule has 0 N–H and O–H groups in total. The summed E-state index contributed by atoms with van der Waals surface area (Å²) in [5.74, 6) is 0. The van der Waals surface area contributed by atoms with Crippen molar-refractivity contribution in [2.45, 2.75) is 17.4 Å². The lowest BCUT2D eigenvalue weighted by Crippen LogP contribution is -2.10. The highest BCUT2D eigenvalue weighted by molar-refractivity contribution is 9.09. The topological polar surface area (TPSA) is 0 Å². The third kappa shape index (κ3) is 3.60. The molecule has 4 heteroatoms. The van der Waals surface area contributed by atoms with Gasteiger partial charge in [0, 0.05) is 4.83 Å². The highest BCUT2D eigenvalue weighted by atomic mass is 79.9. The molecule has 0 spiro atoms. The van der Waals surface area contributed by atoms with E-state index in [1.165, 1.54) is 12.1 Å². The lowest BCUT2D eigenvalue weighted by atomic mass is 9.99. The minimum Gasteiger partial charge on any atom is -0.166 e. The largest absolute Gasteiger partial charge is 0.416 e. The molecule has 2 rings (SSSR count). The van der Waals surface area contributed by atoms with Gasteiger partial charge in [0.2, 0.25) is 0 Å². The molecule has 0 saturated heterocycles. The van der Waals surface area contributed by atoms with Gasteiger partial charge in [0.15, 0.2) is 0 Å². The van der Waals surface area contributed by atoms with E-state index >= 15 is 0 Å².